The molecule has 34 heavy (non-hydrogen) atoms. The fourth-order valence-corrected chi connectivity index (χ4v) is 3.87. The van der Waals surface area contributed by atoms with Gasteiger partial charge in [0.05, 0.1) is 47.9 Å². The molecule has 1 aliphatic rings. The lowest BCUT2D eigenvalue weighted by atomic mass is 10.0. The molecule has 4 aromatic rings. The number of aromatic nitrogens is 3. The van der Waals surface area contributed by atoms with Crippen molar-refractivity contribution < 1.29 is 23.0 Å². The molecule has 0 radical (unpaired) electrons. The van der Waals surface area contributed by atoms with E-state index in [4.69, 9.17) is 14.2 Å². The molecular weight excluding hydrogens is 442 g/mol. The molecule has 9 heteroatoms. The number of rotatable bonds is 8. The number of fused-ring (bicyclic) bond motifs is 2. The van der Waals surface area contributed by atoms with E-state index >= 15 is 0 Å². The van der Waals surface area contributed by atoms with Gasteiger partial charge in [0.25, 0.3) is 0 Å². The number of pyridine rings is 3. The molecule has 1 N–H and O–H groups in total. The fourth-order valence-electron chi connectivity index (χ4n) is 3.87. The minimum atomic E-state index is -0.643. The molecule has 0 spiro atoms. The van der Waals surface area contributed by atoms with Crippen molar-refractivity contribution in [3.63, 3.8) is 0 Å². The van der Waals surface area contributed by atoms with E-state index in [1.54, 1.807) is 31.6 Å². The number of methoxy groups -OCH3 is 1. The zero-order valence-corrected chi connectivity index (χ0v) is 18.4. The molecule has 0 bridgehead atoms. The van der Waals surface area contributed by atoms with Gasteiger partial charge in [-0.2, -0.15) is 0 Å². The average Bonchev–Trinajstić information content (AvgIpc) is 3.24. The van der Waals surface area contributed by atoms with Gasteiger partial charge in [-0.25, -0.2) is 18.7 Å². The SMILES string of the molecule is COCCOc1cnc2c(NCC3COc4ccc(-c5cc(F)cc(F)c5)nc43)ccnc2c1. The molecule has 1 atom stereocenters. The fraction of sp³-hybridized carbons (Fsp3) is 0.240. The van der Waals surface area contributed by atoms with Gasteiger partial charge in [0.15, 0.2) is 0 Å². The van der Waals surface area contributed by atoms with Crippen molar-refractivity contribution in [2.45, 2.75) is 5.92 Å². The highest BCUT2D eigenvalue weighted by molar-refractivity contribution is 5.87. The van der Waals surface area contributed by atoms with Crippen molar-refractivity contribution in [2.75, 3.05) is 38.8 Å². The Balaban J connectivity index is 1.34. The van der Waals surface area contributed by atoms with E-state index in [1.165, 1.54) is 12.1 Å². The van der Waals surface area contributed by atoms with E-state index in [0.29, 0.717) is 54.6 Å². The number of anilines is 1. The van der Waals surface area contributed by atoms with Gasteiger partial charge in [0.2, 0.25) is 0 Å². The van der Waals surface area contributed by atoms with Crippen LogP contribution in [0, 0.1) is 11.6 Å². The minimum Gasteiger partial charge on any atom is -0.491 e. The molecule has 0 amide bonds. The van der Waals surface area contributed by atoms with Gasteiger partial charge < -0.3 is 19.5 Å². The van der Waals surface area contributed by atoms with Crippen LogP contribution in [0.1, 0.15) is 11.6 Å². The molecule has 1 unspecified atom stereocenters. The lowest BCUT2D eigenvalue weighted by Crippen LogP contribution is -2.15. The largest absolute Gasteiger partial charge is 0.491 e. The second kappa shape index (κ2) is 9.56. The number of benzene rings is 1. The summed E-state index contributed by atoms with van der Waals surface area (Å²) in [5, 5.41) is 3.42. The van der Waals surface area contributed by atoms with Gasteiger partial charge in [0, 0.05) is 37.5 Å². The summed E-state index contributed by atoms with van der Waals surface area (Å²) >= 11 is 0. The van der Waals surface area contributed by atoms with Crippen molar-refractivity contribution in [1.82, 2.24) is 15.0 Å². The number of nitrogens with zero attached hydrogens (tertiary/aromatic N) is 3. The number of hydrogen-bond acceptors (Lipinski definition) is 7. The molecule has 1 aliphatic heterocycles. The van der Waals surface area contributed by atoms with Crippen LogP contribution in [0.2, 0.25) is 0 Å². The van der Waals surface area contributed by atoms with E-state index in [2.05, 4.69) is 20.3 Å². The highest BCUT2D eigenvalue weighted by Crippen LogP contribution is 2.35. The zero-order chi connectivity index (χ0) is 23.5. The zero-order valence-electron chi connectivity index (χ0n) is 18.4. The lowest BCUT2D eigenvalue weighted by Gasteiger charge is -2.13. The van der Waals surface area contributed by atoms with Crippen LogP contribution in [0.4, 0.5) is 14.5 Å². The van der Waals surface area contributed by atoms with E-state index in [-0.39, 0.29) is 5.92 Å². The van der Waals surface area contributed by atoms with E-state index in [0.717, 1.165) is 23.0 Å². The van der Waals surface area contributed by atoms with Crippen molar-refractivity contribution in [3.8, 4) is 22.8 Å². The molecule has 4 heterocycles. The topological polar surface area (TPSA) is 78.4 Å². The third-order valence-corrected chi connectivity index (χ3v) is 5.52. The summed E-state index contributed by atoms with van der Waals surface area (Å²) in [6, 6.07) is 10.6. The smallest absolute Gasteiger partial charge is 0.141 e. The first-order valence-electron chi connectivity index (χ1n) is 10.8. The second-order valence-corrected chi connectivity index (χ2v) is 7.87. The Hall–Kier alpha value is -3.85. The first-order chi connectivity index (χ1) is 16.6. The first-order valence-corrected chi connectivity index (χ1v) is 10.8. The number of nitrogens with one attached hydrogen (secondary N) is 1. The quantitative estimate of drug-likeness (QED) is 0.382. The Morgan fingerprint density at radius 2 is 1.91 bits per heavy atom. The van der Waals surface area contributed by atoms with Gasteiger partial charge in [-0.3, -0.25) is 4.98 Å². The number of hydrogen-bond donors (Lipinski definition) is 1. The van der Waals surface area contributed by atoms with Crippen molar-refractivity contribution >= 4 is 16.7 Å². The monoisotopic (exact) mass is 464 g/mol. The Labute approximate surface area is 194 Å². The molecule has 3 aromatic heterocycles. The third kappa shape index (κ3) is 4.60. The minimum absolute atomic E-state index is 0.0479. The molecule has 0 saturated heterocycles. The van der Waals surface area contributed by atoms with Gasteiger partial charge in [-0.15, -0.1) is 0 Å². The average molecular weight is 464 g/mol. The van der Waals surface area contributed by atoms with Gasteiger partial charge in [-0.05, 0) is 30.3 Å². The summed E-state index contributed by atoms with van der Waals surface area (Å²) < 4.78 is 43.8. The summed E-state index contributed by atoms with van der Waals surface area (Å²) in [6.45, 7) is 1.90. The van der Waals surface area contributed by atoms with Crippen LogP contribution in [0.25, 0.3) is 22.3 Å². The Kier molecular flexibility index (Phi) is 6.18. The van der Waals surface area contributed by atoms with Gasteiger partial charge in [-0.1, -0.05) is 0 Å². The summed E-state index contributed by atoms with van der Waals surface area (Å²) in [6.07, 6.45) is 3.37. The Morgan fingerprint density at radius 3 is 2.74 bits per heavy atom. The van der Waals surface area contributed by atoms with Crippen LogP contribution >= 0.6 is 0 Å². The Bertz CT molecular complexity index is 1310. The summed E-state index contributed by atoms with van der Waals surface area (Å²) in [7, 11) is 1.62. The predicted molar refractivity (Wildman–Crippen MR) is 123 cm³/mol. The maximum atomic E-state index is 13.7. The van der Waals surface area contributed by atoms with Crippen molar-refractivity contribution in [3.05, 3.63) is 72.2 Å². The predicted octanol–water partition coefficient (Wildman–Crippen LogP) is 4.58. The first kappa shape index (κ1) is 22.0. The van der Waals surface area contributed by atoms with Crippen LogP contribution in [-0.4, -0.2) is 48.4 Å². The van der Waals surface area contributed by atoms with Gasteiger partial charge >= 0.3 is 0 Å². The molecule has 174 valence electrons. The molecule has 0 fully saturated rings. The maximum absolute atomic E-state index is 13.7. The van der Waals surface area contributed by atoms with Crippen molar-refractivity contribution in [2.24, 2.45) is 0 Å². The van der Waals surface area contributed by atoms with Crippen LogP contribution in [0.3, 0.4) is 0 Å². The lowest BCUT2D eigenvalue weighted by molar-refractivity contribution is 0.146. The third-order valence-electron chi connectivity index (χ3n) is 5.52. The van der Waals surface area contributed by atoms with E-state index in [1.807, 2.05) is 12.1 Å². The summed E-state index contributed by atoms with van der Waals surface area (Å²) in [5.74, 6) is -0.0405. The molecule has 1 aromatic carbocycles. The number of halogens is 2. The summed E-state index contributed by atoms with van der Waals surface area (Å²) in [4.78, 5) is 13.6. The summed E-state index contributed by atoms with van der Waals surface area (Å²) in [5.41, 5.74) is 3.87. The number of ether oxygens (including phenoxy) is 3. The van der Waals surface area contributed by atoms with E-state index < -0.39 is 11.6 Å². The molecule has 0 saturated carbocycles. The normalized spacial score (nSPS) is 14.6. The van der Waals surface area contributed by atoms with Crippen LogP contribution in [-0.2, 0) is 4.74 Å². The van der Waals surface area contributed by atoms with E-state index in [9.17, 15) is 8.78 Å². The standard InChI is InChI=1S/C25H22F2N4O3/c1-32-6-7-33-19-11-22-25(30-13-19)21(4-5-28-22)29-12-16-14-34-23-3-2-20(31-24(16)23)15-8-17(26)10-18(27)9-15/h2-5,8-11,13,16H,6-7,12,14H2,1H3,(H,28,29). The van der Waals surface area contributed by atoms with Crippen LogP contribution < -0.4 is 14.8 Å². The van der Waals surface area contributed by atoms with Crippen LogP contribution in [0.15, 0.2) is 54.9 Å². The van der Waals surface area contributed by atoms with Crippen molar-refractivity contribution in [1.29, 1.82) is 0 Å². The maximum Gasteiger partial charge on any atom is 0.141 e. The Morgan fingerprint density at radius 1 is 1.06 bits per heavy atom. The molecular formula is C25H22F2N4O3. The highest BCUT2D eigenvalue weighted by atomic mass is 19.1. The molecule has 0 aliphatic carbocycles. The van der Waals surface area contributed by atoms with Gasteiger partial charge in [0.1, 0.15) is 35.3 Å². The van der Waals surface area contributed by atoms with Crippen LogP contribution in [0.5, 0.6) is 11.5 Å². The second-order valence-electron chi connectivity index (χ2n) is 7.87. The molecule has 5 rings (SSSR count). The highest BCUT2D eigenvalue weighted by Gasteiger charge is 2.26. The molecule has 7 nitrogen and oxygen atoms in total.